The van der Waals surface area contributed by atoms with Gasteiger partial charge in [0, 0.05) is 0 Å². The topological polar surface area (TPSA) is 68.2 Å². The Morgan fingerprint density at radius 1 is 1.67 bits per heavy atom. The first-order chi connectivity index (χ1) is 5.47. The van der Waals surface area contributed by atoms with Gasteiger partial charge < -0.3 is 23.8 Å². The molecule has 0 saturated carbocycles. The van der Waals surface area contributed by atoms with Crippen molar-refractivity contribution in [3.63, 3.8) is 0 Å². The van der Waals surface area contributed by atoms with E-state index >= 15 is 0 Å². The molecule has 0 aromatic rings. The molecule has 1 rings (SSSR count). The molecule has 12 heavy (non-hydrogen) atoms. The molecule has 2 atom stereocenters. The standard InChI is InChI=1S/C5H11O5PS/c1-4-8-2-5(10-4)3-9-11(6,7)12/h4-5H,2-3H2,1H3,(H2,6,7,12)/t4-,5+/m0/s1. The van der Waals surface area contributed by atoms with Crippen LogP contribution in [-0.4, -0.2) is 35.4 Å². The number of hydrogen-bond acceptors (Lipinski definition) is 4. The maximum atomic E-state index is 8.71. The fourth-order valence-corrected chi connectivity index (χ4v) is 1.40. The lowest BCUT2D eigenvalue weighted by Gasteiger charge is -2.11. The van der Waals surface area contributed by atoms with Crippen molar-refractivity contribution in [1.29, 1.82) is 0 Å². The molecule has 0 aromatic carbocycles. The first kappa shape index (κ1) is 10.5. The molecule has 72 valence electrons. The third kappa shape index (κ3) is 3.91. The highest BCUT2D eigenvalue weighted by Crippen LogP contribution is 2.36. The van der Waals surface area contributed by atoms with E-state index in [2.05, 4.69) is 16.3 Å². The fraction of sp³-hybridized carbons (Fsp3) is 1.00. The van der Waals surface area contributed by atoms with Crippen LogP contribution in [0.2, 0.25) is 0 Å². The van der Waals surface area contributed by atoms with E-state index in [-0.39, 0.29) is 19.0 Å². The Kier molecular flexibility index (Phi) is 3.60. The van der Waals surface area contributed by atoms with Crippen molar-refractivity contribution in [2.75, 3.05) is 13.2 Å². The lowest BCUT2D eigenvalue weighted by molar-refractivity contribution is -0.0493. The molecular formula is C5H11O5PS. The van der Waals surface area contributed by atoms with Gasteiger partial charge in [0.1, 0.15) is 6.10 Å². The van der Waals surface area contributed by atoms with E-state index in [1.54, 1.807) is 6.92 Å². The molecule has 1 fully saturated rings. The van der Waals surface area contributed by atoms with Crippen LogP contribution in [0.5, 0.6) is 0 Å². The summed E-state index contributed by atoms with van der Waals surface area (Å²) in [4.78, 5) is 17.4. The smallest absolute Gasteiger partial charge is 0.321 e. The molecule has 0 spiro atoms. The lowest BCUT2D eigenvalue weighted by Crippen LogP contribution is -2.17. The molecule has 0 bridgehead atoms. The van der Waals surface area contributed by atoms with Gasteiger partial charge in [-0.3, -0.25) is 0 Å². The van der Waals surface area contributed by atoms with Crippen molar-refractivity contribution >= 4 is 18.5 Å². The minimum absolute atomic E-state index is 0.0641. The number of rotatable bonds is 3. The van der Waals surface area contributed by atoms with Gasteiger partial charge in [-0.1, -0.05) is 0 Å². The summed E-state index contributed by atoms with van der Waals surface area (Å²) in [6.45, 7) is -1.32. The van der Waals surface area contributed by atoms with Gasteiger partial charge in [0.25, 0.3) is 0 Å². The molecule has 0 aliphatic carbocycles. The van der Waals surface area contributed by atoms with Crippen LogP contribution in [0.3, 0.4) is 0 Å². The van der Waals surface area contributed by atoms with Crippen molar-refractivity contribution in [2.24, 2.45) is 0 Å². The Labute approximate surface area is 75.5 Å². The highest BCUT2D eigenvalue weighted by Gasteiger charge is 2.24. The van der Waals surface area contributed by atoms with E-state index in [0.717, 1.165) is 0 Å². The lowest BCUT2D eigenvalue weighted by atomic mass is 10.4. The number of ether oxygens (including phenoxy) is 2. The Morgan fingerprint density at radius 3 is 2.75 bits per heavy atom. The summed E-state index contributed by atoms with van der Waals surface area (Å²) in [5.41, 5.74) is 0. The highest BCUT2D eigenvalue weighted by molar-refractivity contribution is 8.06. The highest BCUT2D eigenvalue weighted by atomic mass is 32.5. The van der Waals surface area contributed by atoms with Gasteiger partial charge in [-0.25, -0.2) is 0 Å². The Morgan fingerprint density at radius 2 is 2.33 bits per heavy atom. The average Bonchev–Trinajstić information content (AvgIpc) is 2.30. The first-order valence-corrected chi connectivity index (χ1v) is 6.07. The maximum absolute atomic E-state index is 8.71. The van der Waals surface area contributed by atoms with Crippen LogP contribution in [0, 0.1) is 0 Å². The molecule has 0 aromatic heterocycles. The van der Waals surface area contributed by atoms with Crippen LogP contribution in [0.25, 0.3) is 0 Å². The van der Waals surface area contributed by atoms with Gasteiger partial charge in [0.05, 0.1) is 13.2 Å². The van der Waals surface area contributed by atoms with Crippen LogP contribution in [-0.2, 0) is 25.8 Å². The van der Waals surface area contributed by atoms with Gasteiger partial charge in [-0.05, 0) is 18.7 Å². The van der Waals surface area contributed by atoms with Crippen molar-refractivity contribution in [1.82, 2.24) is 0 Å². The third-order valence-electron chi connectivity index (χ3n) is 1.33. The second kappa shape index (κ2) is 4.11. The summed E-state index contributed by atoms with van der Waals surface area (Å²) in [6, 6.07) is 0. The molecule has 7 heteroatoms. The van der Waals surface area contributed by atoms with E-state index in [1.165, 1.54) is 0 Å². The van der Waals surface area contributed by atoms with Gasteiger partial charge in [-0.2, -0.15) is 0 Å². The summed E-state index contributed by atoms with van der Waals surface area (Å²) in [7, 11) is 0. The van der Waals surface area contributed by atoms with Crippen molar-refractivity contribution < 1.29 is 23.8 Å². The molecule has 0 amide bonds. The molecule has 5 nitrogen and oxygen atoms in total. The Bertz CT molecular complexity index is 192. The summed E-state index contributed by atoms with van der Waals surface area (Å²) >= 11 is 4.25. The molecule has 1 aliphatic heterocycles. The molecule has 2 N–H and O–H groups in total. The van der Waals surface area contributed by atoms with Crippen molar-refractivity contribution in [3.8, 4) is 0 Å². The molecule has 1 heterocycles. The van der Waals surface area contributed by atoms with Gasteiger partial charge >= 0.3 is 6.72 Å². The average molecular weight is 214 g/mol. The second-order valence-electron chi connectivity index (χ2n) is 2.45. The van der Waals surface area contributed by atoms with Crippen LogP contribution in [0.15, 0.2) is 0 Å². The van der Waals surface area contributed by atoms with Crippen molar-refractivity contribution in [2.45, 2.75) is 19.3 Å². The largest absolute Gasteiger partial charge is 0.350 e. The summed E-state index contributed by atoms with van der Waals surface area (Å²) in [6.07, 6.45) is -0.504. The van der Waals surface area contributed by atoms with Crippen LogP contribution in [0.4, 0.5) is 0 Å². The monoisotopic (exact) mass is 214 g/mol. The van der Waals surface area contributed by atoms with Gasteiger partial charge in [0.15, 0.2) is 6.29 Å². The first-order valence-electron chi connectivity index (χ1n) is 3.44. The minimum atomic E-state index is -3.54. The summed E-state index contributed by atoms with van der Waals surface area (Å²) in [5.74, 6) is 0. The minimum Gasteiger partial charge on any atom is -0.350 e. The zero-order valence-electron chi connectivity index (χ0n) is 6.54. The van der Waals surface area contributed by atoms with E-state index in [9.17, 15) is 0 Å². The SMILES string of the molecule is C[C@H]1OC[C@H](COP(O)(O)=S)O1. The zero-order valence-corrected chi connectivity index (χ0v) is 8.25. The van der Waals surface area contributed by atoms with Crippen molar-refractivity contribution in [3.05, 3.63) is 0 Å². The second-order valence-corrected chi connectivity index (χ2v) is 5.11. The van der Waals surface area contributed by atoms with E-state index in [4.69, 9.17) is 19.3 Å². The van der Waals surface area contributed by atoms with Gasteiger partial charge in [0.2, 0.25) is 0 Å². The van der Waals surface area contributed by atoms with E-state index in [0.29, 0.717) is 6.61 Å². The van der Waals surface area contributed by atoms with Crippen LogP contribution >= 0.6 is 6.72 Å². The zero-order chi connectivity index (χ0) is 9.19. The quantitative estimate of drug-likeness (QED) is 0.643. The van der Waals surface area contributed by atoms with Crippen LogP contribution < -0.4 is 0 Å². The van der Waals surface area contributed by atoms with Gasteiger partial charge in [-0.15, -0.1) is 0 Å². The summed E-state index contributed by atoms with van der Waals surface area (Å²) < 4.78 is 14.8. The number of hydrogen-bond donors (Lipinski definition) is 2. The predicted molar refractivity (Wildman–Crippen MR) is 45.0 cm³/mol. The molecule has 1 saturated heterocycles. The third-order valence-corrected chi connectivity index (χ3v) is 2.13. The summed E-state index contributed by atoms with van der Waals surface area (Å²) in [5, 5.41) is 0. The Balaban J connectivity index is 2.21. The van der Waals surface area contributed by atoms with E-state index < -0.39 is 6.72 Å². The van der Waals surface area contributed by atoms with E-state index in [1.807, 2.05) is 0 Å². The maximum Gasteiger partial charge on any atom is 0.321 e. The Hall–Kier alpha value is 0.450. The predicted octanol–water partition coefficient (Wildman–Crippen LogP) is -0.0265. The molecule has 0 unspecified atom stereocenters. The molecular weight excluding hydrogens is 203 g/mol. The van der Waals surface area contributed by atoms with Crippen LogP contribution in [0.1, 0.15) is 6.92 Å². The molecule has 1 aliphatic rings. The normalized spacial score (nSPS) is 30.9. The fourth-order valence-electron chi connectivity index (χ4n) is 0.860. The molecule has 0 radical (unpaired) electrons.